The molecule has 0 radical (unpaired) electrons. The predicted octanol–water partition coefficient (Wildman–Crippen LogP) is 2.93. The molecule has 0 aromatic heterocycles. The number of hydrogen-bond donors (Lipinski definition) is 2. The summed E-state index contributed by atoms with van der Waals surface area (Å²) >= 11 is 0. The van der Waals surface area contributed by atoms with Crippen molar-refractivity contribution >= 4 is 11.6 Å². The van der Waals surface area contributed by atoms with E-state index in [2.05, 4.69) is 17.5 Å². The minimum Gasteiger partial charge on any atom is -0.506 e. The molecule has 3 unspecified atom stereocenters. The van der Waals surface area contributed by atoms with Crippen LogP contribution in [0.25, 0.3) is 0 Å². The van der Waals surface area contributed by atoms with Crippen LogP contribution in [-0.2, 0) is 4.79 Å². The molecule has 2 aliphatic rings. The molecule has 1 amide bonds. The molecule has 2 bridgehead atoms. The second-order valence-corrected chi connectivity index (χ2v) is 5.31. The molecule has 18 heavy (non-hydrogen) atoms. The Labute approximate surface area is 107 Å². The van der Waals surface area contributed by atoms with E-state index >= 15 is 0 Å². The molecule has 0 aliphatic heterocycles. The van der Waals surface area contributed by atoms with Gasteiger partial charge in [0.15, 0.2) is 0 Å². The largest absolute Gasteiger partial charge is 0.506 e. The van der Waals surface area contributed by atoms with Gasteiger partial charge in [-0.15, -0.1) is 0 Å². The third kappa shape index (κ3) is 2.13. The van der Waals surface area contributed by atoms with Crippen LogP contribution in [0.15, 0.2) is 36.4 Å². The molecule has 3 heteroatoms. The van der Waals surface area contributed by atoms with Crippen molar-refractivity contribution in [1.29, 1.82) is 0 Å². The number of fused-ring (bicyclic) bond motifs is 2. The fraction of sp³-hybridized carbons (Fsp3) is 0.400. The van der Waals surface area contributed by atoms with Crippen molar-refractivity contribution in [2.45, 2.75) is 19.3 Å². The zero-order valence-electron chi connectivity index (χ0n) is 10.2. The Kier molecular flexibility index (Phi) is 2.82. The van der Waals surface area contributed by atoms with E-state index in [-0.39, 0.29) is 11.7 Å². The van der Waals surface area contributed by atoms with Crippen molar-refractivity contribution in [3.8, 4) is 5.75 Å². The maximum Gasteiger partial charge on any atom is 0.224 e. The van der Waals surface area contributed by atoms with Gasteiger partial charge in [0.1, 0.15) is 5.75 Å². The monoisotopic (exact) mass is 243 g/mol. The summed E-state index contributed by atoms with van der Waals surface area (Å²) in [6, 6.07) is 6.84. The number of benzene rings is 1. The Balaban J connectivity index is 1.60. The van der Waals surface area contributed by atoms with Crippen molar-refractivity contribution in [1.82, 2.24) is 0 Å². The number of para-hydroxylation sites is 2. The minimum atomic E-state index is 0.00227. The predicted molar refractivity (Wildman–Crippen MR) is 70.2 cm³/mol. The van der Waals surface area contributed by atoms with E-state index in [1.54, 1.807) is 24.3 Å². The number of phenolic OH excluding ortho intramolecular Hbond substituents is 1. The van der Waals surface area contributed by atoms with Crippen molar-refractivity contribution in [2.24, 2.45) is 17.8 Å². The number of aromatic hydroxyl groups is 1. The molecule has 1 fully saturated rings. The number of phenols is 1. The summed E-state index contributed by atoms with van der Waals surface area (Å²) in [7, 11) is 0. The summed E-state index contributed by atoms with van der Waals surface area (Å²) in [5.74, 6) is 1.88. The molecule has 1 aromatic rings. The number of carbonyl (C=O) groups is 1. The van der Waals surface area contributed by atoms with Gasteiger partial charge in [-0.05, 0) is 42.7 Å². The standard InChI is InChI=1S/C15H17NO2/c17-14-4-2-1-3-13(14)16-15(18)9-12-8-10-5-6-11(12)7-10/h1-6,10-12,17H,7-9H2,(H,16,18). The van der Waals surface area contributed by atoms with Gasteiger partial charge in [0.25, 0.3) is 0 Å². The quantitative estimate of drug-likeness (QED) is 0.633. The fourth-order valence-electron chi connectivity index (χ4n) is 3.15. The van der Waals surface area contributed by atoms with Gasteiger partial charge in [-0.2, -0.15) is 0 Å². The number of carbonyl (C=O) groups excluding carboxylic acids is 1. The molecular weight excluding hydrogens is 226 g/mol. The minimum absolute atomic E-state index is 0.00227. The Morgan fingerprint density at radius 1 is 1.28 bits per heavy atom. The molecule has 0 heterocycles. The zero-order chi connectivity index (χ0) is 12.5. The van der Waals surface area contributed by atoms with E-state index in [1.165, 1.54) is 6.42 Å². The van der Waals surface area contributed by atoms with E-state index in [1.807, 2.05) is 0 Å². The van der Waals surface area contributed by atoms with E-state index < -0.39 is 0 Å². The first-order chi connectivity index (χ1) is 8.72. The highest BCUT2D eigenvalue weighted by Crippen LogP contribution is 2.45. The molecule has 2 N–H and O–H groups in total. The number of nitrogens with one attached hydrogen (secondary N) is 1. The summed E-state index contributed by atoms with van der Waals surface area (Å²) in [6.07, 6.45) is 7.44. The SMILES string of the molecule is O=C(CC1CC2C=CC1C2)Nc1ccccc1O. The molecule has 1 aromatic carbocycles. The van der Waals surface area contributed by atoms with Crippen molar-refractivity contribution in [3.05, 3.63) is 36.4 Å². The molecular formula is C15H17NO2. The van der Waals surface area contributed by atoms with Crippen LogP contribution in [0.2, 0.25) is 0 Å². The molecule has 3 rings (SSSR count). The van der Waals surface area contributed by atoms with Crippen LogP contribution in [-0.4, -0.2) is 11.0 Å². The summed E-state index contributed by atoms with van der Waals surface area (Å²) in [5, 5.41) is 12.4. The fourth-order valence-corrected chi connectivity index (χ4v) is 3.15. The summed E-state index contributed by atoms with van der Waals surface area (Å²) in [5.41, 5.74) is 0.501. The van der Waals surface area contributed by atoms with Gasteiger partial charge in [-0.1, -0.05) is 24.3 Å². The maximum atomic E-state index is 12.0. The first kappa shape index (κ1) is 11.3. The highest BCUT2D eigenvalue weighted by molar-refractivity contribution is 5.92. The first-order valence-corrected chi connectivity index (χ1v) is 6.48. The molecule has 0 saturated heterocycles. The number of rotatable bonds is 3. The van der Waals surface area contributed by atoms with Gasteiger partial charge in [-0.3, -0.25) is 4.79 Å². The van der Waals surface area contributed by atoms with Crippen molar-refractivity contribution in [3.63, 3.8) is 0 Å². The lowest BCUT2D eigenvalue weighted by molar-refractivity contribution is -0.117. The molecule has 3 atom stereocenters. The molecule has 3 nitrogen and oxygen atoms in total. The molecule has 94 valence electrons. The second-order valence-electron chi connectivity index (χ2n) is 5.31. The first-order valence-electron chi connectivity index (χ1n) is 6.48. The smallest absolute Gasteiger partial charge is 0.224 e. The number of anilines is 1. The van der Waals surface area contributed by atoms with E-state index in [0.29, 0.717) is 29.9 Å². The van der Waals surface area contributed by atoms with Crippen LogP contribution in [0.5, 0.6) is 5.75 Å². The van der Waals surface area contributed by atoms with Crippen LogP contribution in [0, 0.1) is 17.8 Å². The Morgan fingerprint density at radius 3 is 2.78 bits per heavy atom. The average molecular weight is 243 g/mol. The molecule has 1 saturated carbocycles. The topological polar surface area (TPSA) is 49.3 Å². The van der Waals surface area contributed by atoms with Crippen LogP contribution in [0.1, 0.15) is 19.3 Å². The lowest BCUT2D eigenvalue weighted by atomic mass is 9.90. The van der Waals surface area contributed by atoms with Crippen LogP contribution < -0.4 is 5.32 Å². The Morgan fingerprint density at radius 2 is 2.11 bits per heavy atom. The number of hydrogen-bond acceptors (Lipinski definition) is 2. The van der Waals surface area contributed by atoms with Crippen molar-refractivity contribution < 1.29 is 9.90 Å². The normalized spacial score (nSPS) is 28.6. The zero-order valence-corrected chi connectivity index (χ0v) is 10.2. The highest BCUT2D eigenvalue weighted by Gasteiger charge is 2.36. The molecule has 2 aliphatic carbocycles. The van der Waals surface area contributed by atoms with Gasteiger partial charge in [0, 0.05) is 6.42 Å². The lowest BCUT2D eigenvalue weighted by Crippen LogP contribution is -2.19. The van der Waals surface area contributed by atoms with Gasteiger partial charge in [0.05, 0.1) is 5.69 Å². The highest BCUT2D eigenvalue weighted by atomic mass is 16.3. The summed E-state index contributed by atoms with van der Waals surface area (Å²) in [4.78, 5) is 12.0. The summed E-state index contributed by atoms with van der Waals surface area (Å²) < 4.78 is 0. The maximum absolute atomic E-state index is 12.0. The van der Waals surface area contributed by atoms with Gasteiger partial charge in [0.2, 0.25) is 5.91 Å². The van der Waals surface area contributed by atoms with E-state index in [4.69, 9.17) is 0 Å². The molecule has 0 spiro atoms. The van der Waals surface area contributed by atoms with Crippen molar-refractivity contribution in [2.75, 3.05) is 5.32 Å². The number of allylic oxidation sites excluding steroid dienone is 2. The average Bonchev–Trinajstić information content (AvgIpc) is 2.94. The second kappa shape index (κ2) is 4.48. The van der Waals surface area contributed by atoms with Gasteiger partial charge >= 0.3 is 0 Å². The Hall–Kier alpha value is -1.77. The Bertz CT molecular complexity index is 495. The van der Waals surface area contributed by atoms with Crippen LogP contribution in [0.4, 0.5) is 5.69 Å². The van der Waals surface area contributed by atoms with E-state index in [9.17, 15) is 9.90 Å². The number of amides is 1. The third-order valence-electron chi connectivity index (χ3n) is 4.04. The van der Waals surface area contributed by atoms with E-state index in [0.717, 1.165) is 6.42 Å². The van der Waals surface area contributed by atoms with Gasteiger partial charge in [-0.25, -0.2) is 0 Å². The van der Waals surface area contributed by atoms with Crippen LogP contribution in [0.3, 0.4) is 0 Å². The summed E-state index contributed by atoms with van der Waals surface area (Å²) in [6.45, 7) is 0. The van der Waals surface area contributed by atoms with Gasteiger partial charge < -0.3 is 10.4 Å². The third-order valence-corrected chi connectivity index (χ3v) is 4.04. The lowest BCUT2D eigenvalue weighted by Gasteiger charge is -2.17. The van der Waals surface area contributed by atoms with Crippen LogP contribution >= 0.6 is 0 Å².